The lowest BCUT2D eigenvalue weighted by Crippen LogP contribution is -2.48. The average molecular weight is 224 g/mol. The molecule has 0 bridgehead atoms. The fourth-order valence-electron chi connectivity index (χ4n) is 2.22. The van der Waals surface area contributed by atoms with E-state index in [1.54, 1.807) is 4.90 Å². The van der Waals surface area contributed by atoms with Gasteiger partial charge in [0.1, 0.15) is 0 Å². The Kier molecular flexibility index (Phi) is 3.42. The average Bonchev–Trinajstić information content (AvgIpc) is 2.74. The van der Waals surface area contributed by atoms with E-state index in [1.807, 2.05) is 13.0 Å². The van der Waals surface area contributed by atoms with Crippen molar-refractivity contribution in [3.8, 4) is 6.07 Å². The van der Waals surface area contributed by atoms with Gasteiger partial charge in [-0.25, -0.2) is 0 Å². The number of nitrogens with zero attached hydrogens (tertiary/aromatic N) is 2. The van der Waals surface area contributed by atoms with E-state index in [0.29, 0.717) is 26.3 Å². The highest BCUT2D eigenvalue weighted by molar-refractivity contribution is 5.79. The quantitative estimate of drug-likeness (QED) is 0.636. The Morgan fingerprint density at radius 1 is 1.44 bits per heavy atom. The number of ether oxygens (including phenoxy) is 2. The van der Waals surface area contributed by atoms with Gasteiger partial charge in [0.25, 0.3) is 0 Å². The minimum Gasteiger partial charge on any atom is -0.378 e. The fraction of sp³-hybridized carbons (Fsp3) is 0.818. The maximum Gasteiger partial charge on any atom is 0.228 e. The lowest BCUT2D eigenvalue weighted by molar-refractivity contribution is -0.142. The molecule has 0 spiro atoms. The maximum absolute atomic E-state index is 12.2. The van der Waals surface area contributed by atoms with Gasteiger partial charge in [-0.1, -0.05) is 0 Å². The van der Waals surface area contributed by atoms with E-state index in [1.165, 1.54) is 0 Å². The summed E-state index contributed by atoms with van der Waals surface area (Å²) in [5, 5.41) is 8.77. The number of carbonyl (C=O) groups is 1. The number of hydrogen-bond donors (Lipinski definition) is 0. The zero-order chi connectivity index (χ0) is 11.5. The van der Waals surface area contributed by atoms with Crippen LogP contribution >= 0.6 is 0 Å². The van der Waals surface area contributed by atoms with E-state index in [0.717, 1.165) is 6.42 Å². The van der Waals surface area contributed by atoms with E-state index in [9.17, 15) is 4.79 Å². The molecule has 5 heteroatoms. The maximum atomic E-state index is 12.2. The second-order valence-electron chi connectivity index (χ2n) is 4.24. The molecule has 0 saturated carbocycles. The molecule has 0 radical (unpaired) electrons. The lowest BCUT2D eigenvalue weighted by Gasteiger charge is -2.32. The molecule has 0 N–H and O–H groups in total. The van der Waals surface area contributed by atoms with Crippen LogP contribution in [-0.2, 0) is 14.3 Å². The van der Waals surface area contributed by atoms with Gasteiger partial charge in [0.2, 0.25) is 5.91 Å². The molecule has 2 saturated heterocycles. The monoisotopic (exact) mass is 224 g/mol. The van der Waals surface area contributed by atoms with Crippen LogP contribution in [0.2, 0.25) is 0 Å². The van der Waals surface area contributed by atoms with Crippen LogP contribution in [0.1, 0.15) is 13.3 Å². The SMILES string of the molecule is CC1OCCC1C(=O)N1CCOC(C#N)C1. The first-order valence-electron chi connectivity index (χ1n) is 5.64. The number of amides is 1. The summed E-state index contributed by atoms with van der Waals surface area (Å²) in [5.41, 5.74) is 0. The number of hydrogen-bond acceptors (Lipinski definition) is 4. The largest absolute Gasteiger partial charge is 0.378 e. The molecule has 2 rings (SSSR count). The van der Waals surface area contributed by atoms with Crippen molar-refractivity contribution in [3.63, 3.8) is 0 Å². The van der Waals surface area contributed by atoms with Crippen LogP contribution in [0.5, 0.6) is 0 Å². The highest BCUT2D eigenvalue weighted by atomic mass is 16.5. The molecule has 2 heterocycles. The van der Waals surface area contributed by atoms with Gasteiger partial charge in [-0.3, -0.25) is 4.79 Å². The van der Waals surface area contributed by atoms with Crippen molar-refractivity contribution in [1.29, 1.82) is 5.26 Å². The van der Waals surface area contributed by atoms with E-state index >= 15 is 0 Å². The molecule has 1 amide bonds. The van der Waals surface area contributed by atoms with Gasteiger partial charge in [0.05, 0.1) is 31.2 Å². The van der Waals surface area contributed by atoms with Crippen molar-refractivity contribution in [2.45, 2.75) is 25.6 Å². The van der Waals surface area contributed by atoms with Crippen LogP contribution in [0.15, 0.2) is 0 Å². The summed E-state index contributed by atoms with van der Waals surface area (Å²) in [4.78, 5) is 13.9. The van der Waals surface area contributed by atoms with Gasteiger partial charge in [-0.2, -0.15) is 5.26 Å². The summed E-state index contributed by atoms with van der Waals surface area (Å²) >= 11 is 0. The van der Waals surface area contributed by atoms with Crippen molar-refractivity contribution in [2.75, 3.05) is 26.3 Å². The number of rotatable bonds is 1. The van der Waals surface area contributed by atoms with E-state index in [2.05, 4.69) is 0 Å². The van der Waals surface area contributed by atoms with Crippen molar-refractivity contribution in [3.05, 3.63) is 0 Å². The van der Waals surface area contributed by atoms with Gasteiger partial charge in [0, 0.05) is 13.2 Å². The van der Waals surface area contributed by atoms with Crippen molar-refractivity contribution >= 4 is 5.91 Å². The van der Waals surface area contributed by atoms with Crippen LogP contribution in [-0.4, -0.2) is 49.3 Å². The molecule has 2 aliphatic rings. The lowest BCUT2D eigenvalue weighted by atomic mass is 10.0. The Bertz CT molecular complexity index is 313. The first kappa shape index (κ1) is 11.4. The molecule has 2 fully saturated rings. The molecular weight excluding hydrogens is 208 g/mol. The Morgan fingerprint density at radius 3 is 2.88 bits per heavy atom. The molecule has 3 unspecified atom stereocenters. The molecule has 88 valence electrons. The molecule has 0 aliphatic carbocycles. The molecule has 2 aliphatic heterocycles. The zero-order valence-electron chi connectivity index (χ0n) is 9.39. The standard InChI is InChI=1S/C11H16N2O3/c1-8-10(2-4-15-8)11(14)13-3-5-16-9(6-12)7-13/h8-10H,2-5,7H2,1H3. The number of morpholine rings is 1. The van der Waals surface area contributed by atoms with Crippen LogP contribution in [0.4, 0.5) is 0 Å². The predicted octanol–water partition coefficient (Wildman–Crippen LogP) is 0.162. The molecule has 3 atom stereocenters. The Hall–Kier alpha value is -1.12. The normalized spacial score (nSPS) is 34.8. The van der Waals surface area contributed by atoms with Gasteiger partial charge in [-0.05, 0) is 13.3 Å². The second kappa shape index (κ2) is 4.81. The van der Waals surface area contributed by atoms with E-state index < -0.39 is 6.10 Å². The topological polar surface area (TPSA) is 62.6 Å². The summed E-state index contributed by atoms with van der Waals surface area (Å²) in [6.07, 6.45) is 0.306. The minimum atomic E-state index is -0.477. The molecule has 0 aromatic heterocycles. The second-order valence-corrected chi connectivity index (χ2v) is 4.24. The minimum absolute atomic E-state index is 0.00381. The number of nitriles is 1. The highest BCUT2D eigenvalue weighted by Crippen LogP contribution is 2.23. The Labute approximate surface area is 94.9 Å². The summed E-state index contributed by atoms with van der Waals surface area (Å²) in [6.45, 7) is 4.01. The molecule has 0 aromatic rings. The van der Waals surface area contributed by atoms with Crippen molar-refractivity contribution < 1.29 is 14.3 Å². The highest BCUT2D eigenvalue weighted by Gasteiger charge is 2.35. The fourth-order valence-corrected chi connectivity index (χ4v) is 2.22. The first-order chi connectivity index (χ1) is 7.72. The van der Waals surface area contributed by atoms with Crippen LogP contribution in [0, 0.1) is 17.2 Å². The van der Waals surface area contributed by atoms with E-state index in [4.69, 9.17) is 14.7 Å². The van der Waals surface area contributed by atoms with Crippen LogP contribution in [0.25, 0.3) is 0 Å². The first-order valence-corrected chi connectivity index (χ1v) is 5.64. The van der Waals surface area contributed by atoms with Gasteiger partial charge >= 0.3 is 0 Å². The van der Waals surface area contributed by atoms with E-state index in [-0.39, 0.29) is 17.9 Å². The summed E-state index contributed by atoms with van der Waals surface area (Å²) < 4.78 is 10.6. The summed E-state index contributed by atoms with van der Waals surface area (Å²) in [5.74, 6) is 0.0611. The van der Waals surface area contributed by atoms with Crippen LogP contribution in [0.3, 0.4) is 0 Å². The Balaban J connectivity index is 1.96. The predicted molar refractivity (Wildman–Crippen MR) is 55.5 cm³/mol. The van der Waals surface area contributed by atoms with Crippen molar-refractivity contribution in [2.24, 2.45) is 5.92 Å². The smallest absolute Gasteiger partial charge is 0.228 e. The third-order valence-corrected chi connectivity index (χ3v) is 3.22. The molecule has 5 nitrogen and oxygen atoms in total. The van der Waals surface area contributed by atoms with Gasteiger partial charge in [0.15, 0.2) is 6.10 Å². The van der Waals surface area contributed by atoms with Crippen LogP contribution < -0.4 is 0 Å². The molecule has 16 heavy (non-hydrogen) atoms. The van der Waals surface area contributed by atoms with Gasteiger partial charge in [-0.15, -0.1) is 0 Å². The Morgan fingerprint density at radius 2 is 2.25 bits per heavy atom. The third kappa shape index (κ3) is 2.18. The molecular formula is C11H16N2O3. The van der Waals surface area contributed by atoms with Gasteiger partial charge < -0.3 is 14.4 Å². The number of carbonyl (C=O) groups excluding carboxylic acids is 1. The zero-order valence-corrected chi connectivity index (χ0v) is 9.39. The third-order valence-electron chi connectivity index (χ3n) is 3.22. The summed E-state index contributed by atoms with van der Waals surface area (Å²) in [7, 11) is 0. The summed E-state index contributed by atoms with van der Waals surface area (Å²) in [6, 6.07) is 2.04. The van der Waals surface area contributed by atoms with Crippen molar-refractivity contribution in [1.82, 2.24) is 4.90 Å². The molecule has 0 aromatic carbocycles.